The number of aromatic nitrogens is 1. The number of carbonyl (C=O) groups excluding carboxylic acids is 1. The predicted octanol–water partition coefficient (Wildman–Crippen LogP) is 0.872. The highest BCUT2D eigenvalue weighted by molar-refractivity contribution is 5.95. The van der Waals surface area contributed by atoms with Crippen molar-refractivity contribution in [2.75, 3.05) is 13.1 Å². The van der Waals surface area contributed by atoms with Crippen molar-refractivity contribution in [1.29, 1.82) is 0 Å². The van der Waals surface area contributed by atoms with E-state index in [2.05, 4.69) is 22.5 Å². The van der Waals surface area contributed by atoms with E-state index >= 15 is 0 Å². The Labute approximate surface area is 95.5 Å². The van der Waals surface area contributed by atoms with Gasteiger partial charge in [-0.2, -0.15) is 0 Å². The van der Waals surface area contributed by atoms with Crippen molar-refractivity contribution < 1.29 is 4.79 Å². The second-order valence-corrected chi connectivity index (χ2v) is 4.58. The van der Waals surface area contributed by atoms with Crippen LogP contribution >= 0.6 is 0 Å². The molecule has 1 aromatic heterocycles. The van der Waals surface area contributed by atoms with Gasteiger partial charge >= 0.3 is 0 Å². The SMILES string of the molecule is Cc1ncccc1C(=O)NC1(C)CCNC1. The molecular formula is C12H17N3O. The lowest BCUT2D eigenvalue weighted by molar-refractivity contribution is 0.0912. The predicted molar refractivity (Wildman–Crippen MR) is 62.3 cm³/mol. The van der Waals surface area contributed by atoms with Crippen LogP contribution < -0.4 is 10.6 Å². The Hall–Kier alpha value is -1.42. The number of hydrogen-bond donors (Lipinski definition) is 2. The van der Waals surface area contributed by atoms with Crippen LogP contribution in [0.15, 0.2) is 18.3 Å². The molecule has 1 aliphatic heterocycles. The van der Waals surface area contributed by atoms with Crippen LogP contribution in [0.5, 0.6) is 0 Å². The zero-order chi connectivity index (χ0) is 11.6. The van der Waals surface area contributed by atoms with Gasteiger partial charge in [-0.15, -0.1) is 0 Å². The van der Waals surface area contributed by atoms with E-state index < -0.39 is 0 Å². The van der Waals surface area contributed by atoms with Crippen LogP contribution in [-0.4, -0.2) is 29.5 Å². The molecule has 0 bridgehead atoms. The van der Waals surface area contributed by atoms with Crippen molar-refractivity contribution in [2.24, 2.45) is 0 Å². The maximum atomic E-state index is 12.0. The molecule has 4 heteroatoms. The molecule has 1 amide bonds. The van der Waals surface area contributed by atoms with E-state index in [0.717, 1.165) is 25.2 Å². The summed E-state index contributed by atoms with van der Waals surface area (Å²) in [5.74, 6) is -0.0307. The van der Waals surface area contributed by atoms with Crippen molar-refractivity contribution >= 4 is 5.91 Å². The lowest BCUT2D eigenvalue weighted by Crippen LogP contribution is -2.47. The zero-order valence-electron chi connectivity index (χ0n) is 9.71. The van der Waals surface area contributed by atoms with Crippen molar-refractivity contribution in [3.05, 3.63) is 29.6 Å². The number of aryl methyl sites for hydroxylation is 1. The Balaban J connectivity index is 2.11. The summed E-state index contributed by atoms with van der Waals surface area (Å²) < 4.78 is 0. The van der Waals surface area contributed by atoms with E-state index in [1.165, 1.54) is 0 Å². The van der Waals surface area contributed by atoms with Gasteiger partial charge in [-0.1, -0.05) is 0 Å². The highest BCUT2D eigenvalue weighted by atomic mass is 16.1. The van der Waals surface area contributed by atoms with Crippen LogP contribution in [0.3, 0.4) is 0 Å². The number of rotatable bonds is 2. The van der Waals surface area contributed by atoms with Gasteiger partial charge in [-0.25, -0.2) is 0 Å². The topological polar surface area (TPSA) is 54.0 Å². The van der Waals surface area contributed by atoms with Crippen LogP contribution in [0.2, 0.25) is 0 Å². The molecule has 86 valence electrons. The third kappa shape index (κ3) is 2.22. The summed E-state index contributed by atoms with van der Waals surface area (Å²) >= 11 is 0. The summed E-state index contributed by atoms with van der Waals surface area (Å²) in [6.07, 6.45) is 2.67. The fourth-order valence-corrected chi connectivity index (χ4v) is 1.99. The van der Waals surface area contributed by atoms with Crippen molar-refractivity contribution in [3.8, 4) is 0 Å². The fourth-order valence-electron chi connectivity index (χ4n) is 1.99. The van der Waals surface area contributed by atoms with Gasteiger partial charge in [-0.05, 0) is 38.9 Å². The molecular weight excluding hydrogens is 202 g/mol. The summed E-state index contributed by atoms with van der Waals surface area (Å²) in [5, 5.41) is 6.32. The summed E-state index contributed by atoms with van der Waals surface area (Å²) in [6, 6.07) is 3.60. The minimum atomic E-state index is -0.126. The minimum absolute atomic E-state index is 0.0307. The molecule has 0 aliphatic carbocycles. The van der Waals surface area contributed by atoms with E-state index in [1.54, 1.807) is 12.3 Å². The lowest BCUT2D eigenvalue weighted by Gasteiger charge is -2.24. The van der Waals surface area contributed by atoms with Gasteiger partial charge in [-0.3, -0.25) is 9.78 Å². The van der Waals surface area contributed by atoms with Gasteiger partial charge < -0.3 is 10.6 Å². The van der Waals surface area contributed by atoms with Crippen LogP contribution in [0.1, 0.15) is 29.4 Å². The van der Waals surface area contributed by atoms with E-state index in [0.29, 0.717) is 5.56 Å². The Kier molecular flexibility index (Phi) is 2.92. The van der Waals surface area contributed by atoms with Gasteiger partial charge in [0, 0.05) is 18.4 Å². The molecule has 1 aliphatic rings. The van der Waals surface area contributed by atoms with Crippen molar-refractivity contribution in [2.45, 2.75) is 25.8 Å². The van der Waals surface area contributed by atoms with Crippen LogP contribution in [0, 0.1) is 6.92 Å². The molecule has 1 aromatic rings. The van der Waals surface area contributed by atoms with Crippen molar-refractivity contribution in [3.63, 3.8) is 0 Å². The maximum absolute atomic E-state index is 12.0. The Morgan fingerprint density at radius 1 is 1.62 bits per heavy atom. The molecule has 2 heterocycles. The average Bonchev–Trinajstić information content (AvgIpc) is 2.65. The minimum Gasteiger partial charge on any atom is -0.345 e. The first-order valence-corrected chi connectivity index (χ1v) is 5.56. The van der Waals surface area contributed by atoms with Crippen molar-refractivity contribution in [1.82, 2.24) is 15.6 Å². The molecule has 1 unspecified atom stereocenters. The molecule has 0 spiro atoms. The summed E-state index contributed by atoms with van der Waals surface area (Å²) in [7, 11) is 0. The van der Waals surface area contributed by atoms with Gasteiger partial charge in [0.05, 0.1) is 11.1 Å². The maximum Gasteiger partial charge on any atom is 0.253 e. The highest BCUT2D eigenvalue weighted by Crippen LogP contribution is 2.14. The average molecular weight is 219 g/mol. The second kappa shape index (κ2) is 4.22. The molecule has 16 heavy (non-hydrogen) atoms. The largest absolute Gasteiger partial charge is 0.345 e. The second-order valence-electron chi connectivity index (χ2n) is 4.58. The number of amides is 1. The number of nitrogens with zero attached hydrogens (tertiary/aromatic N) is 1. The zero-order valence-corrected chi connectivity index (χ0v) is 9.71. The molecule has 1 atom stereocenters. The first-order valence-electron chi connectivity index (χ1n) is 5.56. The lowest BCUT2D eigenvalue weighted by atomic mass is 10.0. The number of hydrogen-bond acceptors (Lipinski definition) is 3. The molecule has 1 fully saturated rings. The first-order chi connectivity index (χ1) is 7.61. The van der Waals surface area contributed by atoms with Crippen LogP contribution in [0.4, 0.5) is 0 Å². The van der Waals surface area contributed by atoms with E-state index in [1.807, 2.05) is 13.0 Å². The number of pyridine rings is 1. The summed E-state index contributed by atoms with van der Waals surface area (Å²) in [4.78, 5) is 16.2. The third-order valence-corrected chi connectivity index (χ3v) is 3.04. The normalized spacial score (nSPS) is 24.4. The Morgan fingerprint density at radius 3 is 3.06 bits per heavy atom. The monoisotopic (exact) mass is 219 g/mol. The van der Waals surface area contributed by atoms with E-state index in [-0.39, 0.29) is 11.4 Å². The van der Waals surface area contributed by atoms with E-state index in [4.69, 9.17) is 0 Å². The number of carbonyl (C=O) groups is 1. The first kappa shape index (κ1) is 11.1. The Bertz CT molecular complexity index is 397. The standard InChI is InChI=1S/C12H17N3O/c1-9-10(4-3-6-14-9)11(16)15-12(2)5-7-13-8-12/h3-4,6,13H,5,7-8H2,1-2H3,(H,15,16). The highest BCUT2D eigenvalue weighted by Gasteiger charge is 2.30. The number of nitrogens with one attached hydrogen (secondary N) is 2. The quantitative estimate of drug-likeness (QED) is 0.776. The smallest absolute Gasteiger partial charge is 0.253 e. The molecule has 0 saturated carbocycles. The fraction of sp³-hybridized carbons (Fsp3) is 0.500. The molecule has 0 radical (unpaired) electrons. The molecule has 2 rings (SSSR count). The molecule has 2 N–H and O–H groups in total. The van der Waals surface area contributed by atoms with Gasteiger partial charge in [0.15, 0.2) is 0 Å². The molecule has 4 nitrogen and oxygen atoms in total. The van der Waals surface area contributed by atoms with Gasteiger partial charge in [0.25, 0.3) is 5.91 Å². The van der Waals surface area contributed by atoms with Crippen LogP contribution in [-0.2, 0) is 0 Å². The third-order valence-electron chi connectivity index (χ3n) is 3.04. The van der Waals surface area contributed by atoms with Crippen LogP contribution in [0.25, 0.3) is 0 Å². The summed E-state index contributed by atoms with van der Waals surface area (Å²) in [5.41, 5.74) is 1.31. The molecule has 0 aromatic carbocycles. The Morgan fingerprint density at radius 2 is 2.44 bits per heavy atom. The van der Waals surface area contributed by atoms with Gasteiger partial charge in [0.1, 0.15) is 0 Å². The van der Waals surface area contributed by atoms with E-state index in [9.17, 15) is 4.79 Å². The van der Waals surface area contributed by atoms with Gasteiger partial charge in [0.2, 0.25) is 0 Å². The molecule has 1 saturated heterocycles. The summed E-state index contributed by atoms with van der Waals surface area (Å²) in [6.45, 7) is 5.71.